The van der Waals surface area contributed by atoms with Gasteiger partial charge in [-0.15, -0.1) is 0 Å². The van der Waals surface area contributed by atoms with E-state index in [1.807, 2.05) is 31.2 Å². The van der Waals surface area contributed by atoms with E-state index in [2.05, 4.69) is 10.6 Å². The van der Waals surface area contributed by atoms with E-state index in [1.165, 1.54) is 12.1 Å². The topological polar surface area (TPSA) is 76.4 Å². The standard InChI is InChI=1S/C16H17N3O3S/c1-11(12-5-3-8-15(9-12)22-2)17-16(23)18-13-6-4-7-14(10-13)19(20)21/h3-11H,1-2H3,(H2,17,18,23)/t11-/m0/s1. The number of rotatable bonds is 5. The minimum Gasteiger partial charge on any atom is -0.497 e. The van der Waals surface area contributed by atoms with E-state index < -0.39 is 4.92 Å². The fourth-order valence-electron chi connectivity index (χ4n) is 2.06. The fourth-order valence-corrected chi connectivity index (χ4v) is 2.35. The van der Waals surface area contributed by atoms with E-state index >= 15 is 0 Å². The lowest BCUT2D eigenvalue weighted by molar-refractivity contribution is -0.384. The first-order valence-electron chi connectivity index (χ1n) is 6.95. The SMILES string of the molecule is COc1cccc([C@H](C)NC(=S)Nc2cccc([N+](=O)[O-])c2)c1. The van der Waals surface area contributed by atoms with Crippen LogP contribution < -0.4 is 15.4 Å². The van der Waals surface area contributed by atoms with Crippen LogP contribution in [-0.4, -0.2) is 17.1 Å². The molecule has 1 atom stereocenters. The summed E-state index contributed by atoms with van der Waals surface area (Å²) < 4.78 is 5.20. The van der Waals surface area contributed by atoms with Crippen LogP contribution in [0.2, 0.25) is 0 Å². The van der Waals surface area contributed by atoms with Crippen molar-refractivity contribution in [3.8, 4) is 5.75 Å². The highest BCUT2D eigenvalue weighted by Gasteiger charge is 2.10. The molecule has 120 valence electrons. The number of nitro groups is 1. The van der Waals surface area contributed by atoms with Crippen molar-refractivity contribution >= 4 is 28.7 Å². The molecule has 0 aliphatic rings. The molecule has 2 rings (SSSR count). The van der Waals surface area contributed by atoms with Crippen molar-refractivity contribution in [2.45, 2.75) is 13.0 Å². The number of hydrogen-bond donors (Lipinski definition) is 2. The average molecular weight is 331 g/mol. The van der Waals surface area contributed by atoms with E-state index in [9.17, 15) is 10.1 Å². The highest BCUT2D eigenvalue weighted by atomic mass is 32.1. The van der Waals surface area contributed by atoms with Gasteiger partial charge in [-0.2, -0.15) is 0 Å². The minimum absolute atomic E-state index is 0.0126. The normalized spacial score (nSPS) is 11.4. The number of benzene rings is 2. The Morgan fingerprint density at radius 1 is 1.26 bits per heavy atom. The summed E-state index contributed by atoms with van der Waals surface area (Å²) in [5.74, 6) is 0.772. The van der Waals surface area contributed by atoms with Crippen LogP contribution in [0.25, 0.3) is 0 Å². The maximum Gasteiger partial charge on any atom is 0.271 e. The lowest BCUT2D eigenvalue weighted by atomic mass is 10.1. The number of anilines is 1. The van der Waals surface area contributed by atoms with Crippen LogP contribution in [0.1, 0.15) is 18.5 Å². The van der Waals surface area contributed by atoms with Crippen molar-refractivity contribution in [3.05, 3.63) is 64.2 Å². The van der Waals surface area contributed by atoms with Gasteiger partial charge in [0, 0.05) is 17.8 Å². The Labute approximate surface area is 139 Å². The van der Waals surface area contributed by atoms with Crippen LogP contribution >= 0.6 is 12.2 Å². The molecule has 2 N–H and O–H groups in total. The van der Waals surface area contributed by atoms with E-state index in [0.29, 0.717) is 10.8 Å². The summed E-state index contributed by atoms with van der Waals surface area (Å²) in [5.41, 5.74) is 1.60. The van der Waals surface area contributed by atoms with Gasteiger partial charge in [0.2, 0.25) is 0 Å². The zero-order chi connectivity index (χ0) is 16.8. The Hall–Kier alpha value is -2.67. The lowest BCUT2D eigenvalue weighted by Gasteiger charge is -2.18. The highest BCUT2D eigenvalue weighted by molar-refractivity contribution is 7.80. The average Bonchev–Trinajstić information content (AvgIpc) is 2.55. The third-order valence-electron chi connectivity index (χ3n) is 3.26. The molecule has 0 unspecified atom stereocenters. The van der Waals surface area contributed by atoms with Crippen molar-refractivity contribution in [2.24, 2.45) is 0 Å². The van der Waals surface area contributed by atoms with Crippen molar-refractivity contribution in [3.63, 3.8) is 0 Å². The summed E-state index contributed by atoms with van der Waals surface area (Å²) >= 11 is 5.26. The Balaban J connectivity index is 2.01. The summed E-state index contributed by atoms with van der Waals surface area (Å²) in [6.45, 7) is 1.97. The molecular formula is C16H17N3O3S. The lowest BCUT2D eigenvalue weighted by Crippen LogP contribution is -2.30. The molecule has 6 nitrogen and oxygen atoms in total. The second-order valence-electron chi connectivity index (χ2n) is 4.90. The number of hydrogen-bond acceptors (Lipinski definition) is 4. The Bertz CT molecular complexity index is 721. The fraction of sp³-hybridized carbons (Fsp3) is 0.188. The zero-order valence-electron chi connectivity index (χ0n) is 12.8. The first kappa shape index (κ1) is 16.7. The maximum absolute atomic E-state index is 10.8. The van der Waals surface area contributed by atoms with Gasteiger partial charge in [0.15, 0.2) is 5.11 Å². The molecule has 0 heterocycles. The van der Waals surface area contributed by atoms with E-state index in [1.54, 1.807) is 19.2 Å². The number of nitro benzene ring substituents is 1. The van der Waals surface area contributed by atoms with Gasteiger partial charge >= 0.3 is 0 Å². The van der Waals surface area contributed by atoms with E-state index in [-0.39, 0.29) is 11.7 Å². The Morgan fingerprint density at radius 3 is 2.70 bits per heavy atom. The molecule has 0 saturated carbocycles. The monoisotopic (exact) mass is 331 g/mol. The van der Waals surface area contributed by atoms with Crippen molar-refractivity contribution in [2.75, 3.05) is 12.4 Å². The van der Waals surface area contributed by atoms with Crippen LogP contribution in [0.15, 0.2) is 48.5 Å². The molecular weight excluding hydrogens is 314 g/mol. The molecule has 2 aromatic rings. The van der Waals surface area contributed by atoms with Crippen LogP contribution in [0, 0.1) is 10.1 Å². The minimum atomic E-state index is -0.444. The summed E-state index contributed by atoms with van der Waals surface area (Å²) in [7, 11) is 1.62. The molecule has 7 heteroatoms. The molecule has 2 aromatic carbocycles. The molecule has 0 spiro atoms. The quantitative estimate of drug-likeness (QED) is 0.495. The summed E-state index contributed by atoms with van der Waals surface area (Å²) in [6.07, 6.45) is 0. The van der Waals surface area contributed by atoms with Gasteiger partial charge < -0.3 is 15.4 Å². The van der Waals surface area contributed by atoms with Crippen LogP contribution in [-0.2, 0) is 0 Å². The second-order valence-corrected chi connectivity index (χ2v) is 5.31. The van der Waals surface area contributed by atoms with Crippen molar-refractivity contribution < 1.29 is 9.66 Å². The van der Waals surface area contributed by atoms with Gasteiger partial charge in [-0.3, -0.25) is 10.1 Å². The number of thiocarbonyl (C=S) groups is 1. The number of ether oxygens (including phenoxy) is 1. The predicted octanol–water partition coefficient (Wildman–Crippen LogP) is 3.65. The van der Waals surface area contributed by atoms with Crippen LogP contribution in [0.5, 0.6) is 5.75 Å². The predicted molar refractivity (Wildman–Crippen MR) is 93.9 cm³/mol. The van der Waals surface area contributed by atoms with E-state index in [0.717, 1.165) is 11.3 Å². The largest absolute Gasteiger partial charge is 0.497 e. The third kappa shape index (κ3) is 4.65. The van der Waals surface area contributed by atoms with Gasteiger partial charge in [-0.1, -0.05) is 18.2 Å². The van der Waals surface area contributed by atoms with Crippen molar-refractivity contribution in [1.82, 2.24) is 5.32 Å². The summed E-state index contributed by atoms with van der Waals surface area (Å²) in [6, 6.07) is 13.8. The Kier molecular flexibility index (Phi) is 5.48. The zero-order valence-corrected chi connectivity index (χ0v) is 13.6. The second kappa shape index (κ2) is 7.55. The first-order valence-corrected chi connectivity index (χ1v) is 7.36. The van der Waals surface area contributed by atoms with Gasteiger partial charge in [0.25, 0.3) is 5.69 Å². The van der Waals surface area contributed by atoms with E-state index in [4.69, 9.17) is 17.0 Å². The molecule has 0 aromatic heterocycles. The molecule has 0 saturated heterocycles. The molecule has 0 radical (unpaired) electrons. The number of non-ortho nitro benzene ring substituents is 1. The Morgan fingerprint density at radius 2 is 2.00 bits per heavy atom. The van der Waals surface area contributed by atoms with Crippen LogP contribution in [0.4, 0.5) is 11.4 Å². The first-order chi connectivity index (χ1) is 11.0. The third-order valence-corrected chi connectivity index (χ3v) is 3.48. The smallest absolute Gasteiger partial charge is 0.271 e. The number of methoxy groups -OCH3 is 1. The molecule has 0 bridgehead atoms. The molecule has 0 aliphatic heterocycles. The number of nitrogens with zero attached hydrogens (tertiary/aromatic N) is 1. The van der Waals surface area contributed by atoms with Gasteiger partial charge in [0.1, 0.15) is 5.75 Å². The molecule has 0 aliphatic carbocycles. The van der Waals surface area contributed by atoms with Gasteiger partial charge in [-0.05, 0) is 42.9 Å². The highest BCUT2D eigenvalue weighted by Crippen LogP contribution is 2.20. The molecule has 23 heavy (non-hydrogen) atoms. The molecule has 0 amide bonds. The molecule has 0 fully saturated rings. The maximum atomic E-state index is 10.8. The summed E-state index contributed by atoms with van der Waals surface area (Å²) in [4.78, 5) is 10.3. The van der Waals surface area contributed by atoms with Gasteiger partial charge in [-0.25, -0.2) is 0 Å². The van der Waals surface area contributed by atoms with Gasteiger partial charge in [0.05, 0.1) is 18.1 Å². The van der Waals surface area contributed by atoms with Crippen molar-refractivity contribution in [1.29, 1.82) is 0 Å². The number of nitrogens with one attached hydrogen (secondary N) is 2. The van der Waals surface area contributed by atoms with Crippen LogP contribution in [0.3, 0.4) is 0 Å². The summed E-state index contributed by atoms with van der Waals surface area (Å²) in [5, 5.41) is 17.3.